The molecule has 2 aromatic carbocycles. The van der Waals surface area contributed by atoms with E-state index in [0.717, 1.165) is 12.1 Å². The van der Waals surface area contributed by atoms with E-state index in [4.69, 9.17) is 0 Å². The summed E-state index contributed by atoms with van der Waals surface area (Å²) in [6.07, 6.45) is -4.46. The second-order valence-corrected chi connectivity index (χ2v) is 6.56. The Bertz CT molecular complexity index is 832. The van der Waals surface area contributed by atoms with Crippen molar-refractivity contribution in [2.24, 2.45) is 0 Å². The summed E-state index contributed by atoms with van der Waals surface area (Å²) in [5.74, 6) is -0.434. The highest BCUT2D eigenvalue weighted by atomic mass is 19.4. The summed E-state index contributed by atoms with van der Waals surface area (Å²) in [5.41, 5.74) is -0.0747. The number of rotatable bonds is 4. The molecule has 5 nitrogen and oxygen atoms in total. The fourth-order valence-electron chi connectivity index (χ4n) is 3.05. The first kappa shape index (κ1) is 19.9. The van der Waals surface area contributed by atoms with E-state index in [0.29, 0.717) is 31.7 Å². The summed E-state index contributed by atoms with van der Waals surface area (Å²) in [5, 5.41) is 2.50. The summed E-state index contributed by atoms with van der Waals surface area (Å²) < 4.78 is 38.2. The molecule has 1 aliphatic rings. The third kappa shape index (κ3) is 5.10. The third-order valence-electron chi connectivity index (χ3n) is 4.52. The fourth-order valence-corrected chi connectivity index (χ4v) is 3.05. The first-order chi connectivity index (χ1) is 13.3. The maximum Gasteiger partial charge on any atom is 0.416 e. The van der Waals surface area contributed by atoms with Gasteiger partial charge in [0.2, 0.25) is 5.91 Å². The fraction of sp³-hybridized carbons (Fsp3) is 0.300. The van der Waals surface area contributed by atoms with Crippen LogP contribution in [0.3, 0.4) is 0 Å². The molecule has 2 amide bonds. The van der Waals surface area contributed by atoms with E-state index in [9.17, 15) is 22.8 Å². The molecular formula is C20H20F3N3O2. The molecule has 0 unspecified atom stereocenters. The van der Waals surface area contributed by atoms with Crippen LogP contribution in [0, 0.1) is 0 Å². The molecular weight excluding hydrogens is 371 g/mol. The Balaban J connectivity index is 1.50. The Labute approximate surface area is 160 Å². The second kappa shape index (κ2) is 8.43. The maximum absolute atomic E-state index is 12.7. The van der Waals surface area contributed by atoms with E-state index in [1.54, 1.807) is 17.0 Å². The second-order valence-electron chi connectivity index (χ2n) is 6.56. The highest BCUT2D eigenvalue weighted by molar-refractivity contribution is 5.94. The van der Waals surface area contributed by atoms with Crippen LogP contribution >= 0.6 is 0 Å². The van der Waals surface area contributed by atoms with Crippen LogP contribution in [0.4, 0.5) is 18.9 Å². The highest BCUT2D eigenvalue weighted by Crippen LogP contribution is 2.30. The summed E-state index contributed by atoms with van der Waals surface area (Å²) in [7, 11) is 0. The van der Waals surface area contributed by atoms with Crippen LogP contribution in [0.15, 0.2) is 54.6 Å². The van der Waals surface area contributed by atoms with Crippen LogP contribution in [-0.2, 0) is 11.0 Å². The number of carbonyl (C=O) groups is 2. The number of nitrogens with one attached hydrogen (secondary N) is 1. The van der Waals surface area contributed by atoms with Crippen molar-refractivity contribution in [1.29, 1.82) is 0 Å². The van der Waals surface area contributed by atoms with Gasteiger partial charge in [-0.05, 0) is 30.3 Å². The van der Waals surface area contributed by atoms with Crippen molar-refractivity contribution in [1.82, 2.24) is 9.80 Å². The normalized spacial score (nSPS) is 15.3. The van der Waals surface area contributed by atoms with Crippen LogP contribution in [-0.4, -0.2) is 54.3 Å². The van der Waals surface area contributed by atoms with Crippen molar-refractivity contribution >= 4 is 17.5 Å². The van der Waals surface area contributed by atoms with Crippen LogP contribution < -0.4 is 5.32 Å². The number of amides is 2. The Kier molecular flexibility index (Phi) is 5.99. The minimum Gasteiger partial charge on any atom is -0.336 e. The van der Waals surface area contributed by atoms with Gasteiger partial charge in [0.05, 0.1) is 12.1 Å². The van der Waals surface area contributed by atoms with Crippen molar-refractivity contribution in [3.8, 4) is 0 Å². The lowest BCUT2D eigenvalue weighted by Gasteiger charge is -2.34. The van der Waals surface area contributed by atoms with Crippen LogP contribution in [0.2, 0.25) is 0 Å². The molecule has 2 aromatic rings. The third-order valence-corrected chi connectivity index (χ3v) is 4.52. The smallest absolute Gasteiger partial charge is 0.336 e. The van der Waals surface area contributed by atoms with Gasteiger partial charge < -0.3 is 10.2 Å². The lowest BCUT2D eigenvalue weighted by Crippen LogP contribution is -2.50. The summed E-state index contributed by atoms with van der Waals surface area (Å²) >= 11 is 0. The van der Waals surface area contributed by atoms with Gasteiger partial charge in [-0.25, -0.2) is 0 Å². The topological polar surface area (TPSA) is 52.7 Å². The number of hydrogen-bond acceptors (Lipinski definition) is 3. The molecule has 0 aliphatic carbocycles. The minimum atomic E-state index is -4.46. The SMILES string of the molecule is O=C(CN1CCN(C(=O)c2ccccc2)CC1)Nc1cccc(C(F)(F)F)c1. The first-order valence-electron chi connectivity index (χ1n) is 8.87. The van der Waals surface area contributed by atoms with E-state index in [1.165, 1.54) is 12.1 Å². The molecule has 1 heterocycles. The number of alkyl halides is 3. The molecule has 1 aliphatic heterocycles. The van der Waals surface area contributed by atoms with Crippen molar-refractivity contribution in [2.75, 3.05) is 38.0 Å². The molecule has 28 heavy (non-hydrogen) atoms. The van der Waals surface area contributed by atoms with Gasteiger partial charge in [-0.15, -0.1) is 0 Å². The Hall–Kier alpha value is -2.87. The number of anilines is 1. The van der Waals surface area contributed by atoms with E-state index >= 15 is 0 Å². The molecule has 0 atom stereocenters. The van der Waals surface area contributed by atoms with E-state index in [2.05, 4.69) is 5.32 Å². The van der Waals surface area contributed by atoms with Gasteiger partial charge in [-0.3, -0.25) is 14.5 Å². The molecule has 1 fully saturated rings. The Morgan fingerprint density at radius 3 is 2.25 bits per heavy atom. The van der Waals surface area contributed by atoms with Gasteiger partial charge in [-0.1, -0.05) is 24.3 Å². The van der Waals surface area contributed by atoms with Crippen molar-refractivity contribution in [3.63, 3.8) is 0 Å². The van der Waals surface area contributed by atoms with Gasteiger partial charge in [0, 0.05) is 37.4 Å². The Morgan fingerprint density at radius 1 is 0.929 bits per heavy atom. The molecule has 0 bridgehead atoms. The summed E-state index contributed by atoms with van der Waals surface area (Å²) in [6.45, 7) is 2.09. The van der Waals surface area contributed by atoms with Crippen LogP contribution in [0.25, 0.3) is 0 Å². The summed E-state index contributed by atoms with van der Waals surface area (Å²) in [4.78, 5) is 28.2. The van der Waals surface area contributed by atoms with Gasteiger partial charge in [-0.2, -0.15) is 13.2 Å². The molecule has 1 N–H and O–H groups in total. The van der Waals surface area contributed by atoms with E-state index in [-0.39, 0.29) is 24.0 Å². The number of benzene rings is 2. The van der Waals surface area contributed by atoms with E-state index in [1.807, 2.05) is 23.1 Å². The van der Waals surface area contributed by atoms with Crippen molar-refractivity contribution in [3.05, 3.63) is 65.7 Å². The minimum absolute atomic E-state index is 0.0475. The molecule has 0 radical (unpaired) electrons. The number of nitrogens with zero attached hydrogens (tertiary/aromatic N) is 2. The van der Waals surface area contributed by atoms with Crippen molar-refractivity contribution < 1.29 is 22.8 Å². The molecule has 148 valence electrons. The predicted molar refractivity (Wildman–Crippen MR) is 98.9 cm³/mol. The first-order valence-corrected chi connectivity index (χ1v) is 8.87. The molecule has 0 saturated carbocycles. The Morgan fingerprint density at radius 2 is 1.61 bits per heavy atom. The monoisotopic (exact) mass is 391 g/mol. The van der Waals surface area contributed by atoms with E-state index < -0.39 is 11.7 Å². The van der Waals surface area contributed by atoms with Gasteiger partial charge in [0.15, 0.2) is 0 Å². The lowest BCUT2D eigenvalue weighted by atomic mass is 10.2. The maximum atomic E-state index is 12.7. The molecule has 1 saturated heterocycles. The lowest BCUT2D eigenvalue weighted by molar-refractivity contribution is -0.137. The standard InChI is InChI=1S/C20H20F3N3O2/c21-20(22,23)16-7-4-8-17(13-16)24-18(27)14-25-9-11-26(12-10-25)19(28)15-5-2-1-3-6-15/h1-8,13H,9-12,14H2,(H,24,27). The zero-order chi connectivity index (χ0) is 20.1. The van der Waals surface area contributed by atoms with Crippen LogP contribution in [0.1, 0.15) is 15.9 Å². The molecule has 0 spiro atoms. The highest BCUT2D eigenvalue weighted by Gasteiger charge is 2.30. The zero-order valence-corrected chi connectivity index (χ0v) is 15.1. The van der Waals surface area contributed by atoms with Gasteiger partial charge in [0.1, 0.15) is 0 Å². The van der Waals surface area contributed by atoms with Crippen LogP contribution in [0.5, 0.6) is 0 Å². The summed E-state index contributed by atoms with van der Waals surface area (Å²) in [6, 6.07) is 13.5. The van der Waals surface area contributed by atoms with Gasteiger partial charge in [0.25, 0.3) is 5.91 Å². The quantitative estimate of drug-likeness (QED) is 0.872. The number of piperazine rings is 1. The largest absolute Gasteiger partial charge is 0.416 e. The molecule has 3 rings (SSSR count). The van der Waals surface area contributed by atoms with Crippen molar-refractivity contribution in [2.45, 2.75) is 6.18 Å². The predicted octanol–water partition coefficient (Wildman–Crippen LogP) is 3.10. The average Bonchev–Trinajstić information content (AvgIpc) is 2.68. The average molecular weight is 391 g/mol. The number of halogens is 3. The molecule has 8 heteroatoms. The zero-order valence-electron chi connectivity index (χ0n) is 15.1. The van der Waals surface area contributed by atoms with Gasteiger partial charge >= 0.3 is 6.18 Å². The molecule has 0 aromatic heterocycles. The number of carbonyl (C=O) groups excluding carboxylic acids is 2. The number of hydrogen-bond donors (Lipinski definition) is 1.